The Balaban J connectivity index is 1.67. The topological polar surface area (TPSA) is 59.0 Å². The molecule has 1 N–H and O–H groups in total. The summed E-state index contributed by atoms with van der Waals surface area (Å²) >= 11 is 0. The molecule has 0 bridgehead atoms. The van der Waals surface area contributed by atoms with Crippen LogP contribution in [-0.2, 0) is 24.2 Å². The number of hydrogen-bond donors (Lipinski definition) is 1. The van der Waals surface area contributed by atoms with E-state index in [1.54, 1.807) is 18.0 Å². The molecule has 1 aliphatic heterocycles. The molecule has 144 valence electrons. The van der Waals surface area contributed by atoms with E-state index in [9.17, 15) is 9.18 Å². The molecule has 1 heterocycles. The summed E-state index contributed by atoms with van der Waals surface area (Å²) < 4.78 is 25.7. The van der Waals surface area contributed by atoms with Crippen LogP contribution < -0.4 is 9.47 Å². The van der Waals surface area contributed by atoms with E-state index in [0.29, 0.717) is 24.3 Å². The van der Waals surface area contributed by atoms with Crippen molar-refractivity contribution in [1.82, 2.24) is 4.90 Å². The Morgan fingerprint density at radius 1 is 1.37 bits per heavy atom. The molecule has 1 aliphatic rings. The van der Waals surface area contributed by atoms with Crippen molar-refractivity contribution < 1.29 is 23.8 Å². The standard InChI is InChI=1S/C21H24FNO4/c1-3-14-5-4-6-19(22)18(14)13-26-17-8-7-15-9-16(12-27-20(15)10-17)23(2)11-21(24)25/h4-8,10,16H,3,9,11-13H2,1-2H3,(H,24,25). The van der Waals surface area contributed by atoms with Gasteiger partial charge in [-0.25, -0.2) is 4.39 Å². The monoisotopic (exact) mass is 373 g/mol. The van der Waals surface area contributed by atoms with Crippen LogP contribution >= 0.6 is 0 Å². The fourth-order valence-electron chi connectivity index (χ4n) is 3.30. The Kier molecular flexibility index (Phi) is 5.96. The van der Waals surface area contributed by atoms with Crippen molar-refractivity contribution in [3.05, 3.63) is 58.9 Å². The van der Waals surface area contributed by atoms with Crippen molar-refractivity contribution in [1.29, 1.82) is 0 Å². The first-order chi connectivity index (χ1) is 13.0. The second kappa shape index (κ2) is 8.39. The van der Waals surface area contributed by atoms with Gasteiger partial charge in [-0.3, -0.25) is 9.69 Å². The highest BCUT2D eigenvalue weighted by molar-refractivity contribution is 5.69. The van der Waals surface area contributed by atoms with Gasteiger partial charge in [-0.1, -0.05) is 25.1 Å². The molecule has 3 rings (SSSR count). The molecule has 6 heteroatoms. The van der Waals surface area contributed by atoms with Gasteiger partial charge in [-0.05, 0) is 43.1 Å². The summed E-state index contributed by atoms with van der Waals surface area (Å²) in [5.74, 6) is 0.243. The zero-order valence-electron chi connectivity index (χ0n) is 15.6. The van der Waals surface area contributed by atoms with Gasteiger partial charge in [0.2, 0.25) is 0 Å². The minimum absolute atomic E-state index is 0.0193. The number of nitrogens with zero attached hydrogens (tertiary/aromatic N) is 1. The smallest absolute Gasteiger partial charge is 0.317 e. The lowest BCUT2D eigenvalue weighted by Crippen LogP contribution is -2.43. The number of carbonyl (C=O) groups is 1. The third kappa shape index (κ3) is 4.57. The van der Waals surface area contributed by atoms with Crippen molar-refractivity contribution in [2.75, 3.05) is 20.2 Å². The molecule has 0 saturated carbocycles. The van der Waals surface area contributed by atoms with Crippen LogP contribution in [0, 0.1) is 5.82 Å². The third-order valence-corrected chi connectivity index (χ3v) is 4.91. The average Bonchev–Trinajstić information content (AvgIpc) is 2.65. The van der Waals surface area contributed by atoms with Crippen LogP contribution in [0.2, 0.25) is 0 Å². The molecule has 1 atom stereocenters. The van der Waals surface area contributed by atoms with Crippen LogP contribution in [0.25, 0.3) is 0 Å². The SMILES string of the molecule is CCc1cccc(F)c1COc1ccc2c(c1)OCC(N(C)CC(=O)O)C2. The lowest BCUT2D eigenvalue weighted by molar-refractivity contribution is -0.138. The minimum atomic E-state index is -0.855. The highest BCUT2D eigenvalue weighted by atomic mass is 19.1. The first-order valence-electron chi connectivity index (χ1n) is 9.04. The number of fused-ring (bicyclic) bond motifs is 1. The van der Waals surface area contributed by atoms with Gasteiger partial charge in [0, 0.05) is 17.7 Å². The maximum absolute atomic E-state index is 14.1. The van der Waals surface area contributed by atoms with Gasteiger partial charge in [0.25, 0.3) is 0 Å². The summed E-state index contributed by atoms with van der Waals surface area (Å²) in [4.78, 5) is 12.7. The van der Waals surface area contributed by atoms with E-state index in [1.807, 2.05) is 31.2 Å². The normalized spacial score (nSPS) is 15.9. The number of benzene rings is 2. The molecule has 5 nitrogen and oxygen atoms in total. The van der Waals surface area contributed by atoms with Gasteiger partial charge in [0.1, 0.15) is 30.5 Å². The highest BCUT2D eigenvalue weighted by Crippen LogP contribution is 2.31. The fourth-order valence-corrected chi connectivity index (χ4v) is 3.30. The number of hydrogen-bond acceptors (Lipinski definition) is 4. The second-order valence-corrected chi connectivity index (χ2v) is 6.77. The highest BCUT2D eigenvalue weighted by Gasteiger charge is 2.24. The second-order valence-electron chi connectivity index (χ2n) is 6.77. The number of likely N-dealkylation sites (N-methyl/N-ethyl adjacent to an activating group) is 1. The van der Waals surface area contributed by atoms with Gasteiger partial charge in [0.05, 0.1) is 6.54 Å². The van der Waals surface area contributed by atoms with E-state index in [4.69, 9.17) is 14.6 Å². The summed E-state index contributed by atoms with van der Waals surface area (Å²) in [7, 11) is 1.78. The van der Waals surface area contributed by atoms with E-state index in [-0.39, 0.29) is 25.0 Å². The Labute approximate surface area is 158 Å². The molecule has 0 aliphatic carbocycles. The number of carboxylic acids is 1. The molecule has 1 unspecified atom stereocenters. The quantitative estimate of drug-likeness (QED) is 0.807. The Morgan fingerprint density at radius 3 is 2.93 bits per heavy atom. The third-order valence-electron chi connectivity index (χ3n) is 4.91. The Morgan fingerprint density at radius 2 is 2.19 bits per heavy atom. The van der Waals surface area contributed by atoms with Crippen LogP contribution in [0.5, 0.6) is 11.5 Å². The molecule has 27 heavy (non-hydrogen) atoms. The van der Waals surface area contributed by atoms with Crippen LogP contribution in [0.1, 0.15) is 23.6 Å². The van der Waals surface area contributed by atoms with Crippen LogP contribution in [0.3, 0.4) is 0 Å². The molecule has 0 amide bonds. The average molecular weight is 373 g/mol. The molecule has 2 aromatic rings. The molecule has 0 spiro atoms. The summed E-state index contributed by atoms with van der Waals surface area (Å²) in [5, 5.41) is 8.93. The van der Waals surface area contributed by atoms with E-state index >= 15 is 0 Å². The van der Waals surface area contributed by atoms with E-state index in [0.717, 1.165) is 23.3 Å². The van der Waals surface area contributed by atoms with Crippen molar-refractivity contribution in [2.45, 2.75) is 32.4 Å². The maximum atomic E-state index is 14.1. The Bertz CT molecular complexity index is 824. The van der Waals surface area contributed by atoms with Crippen LogP contribution in [0.4, 0.5) is 4.39 Å². The first-order valence-corrected chi connectivity index (χ1v) is 9.04. The zero-order chi connectivity index (χ0) is 19.4. The molecule has 2 aromatic carbocycles. The molecule has 0 radical (unpaired) electrons. The minimum Gasteiger partial charge on any atom is -0.492 e. The van der Waals surface area contributed by atoms with Crippen molar-refractivity contribution in [3.8, 4) is 11.5 Å². The summed E-state index contributed by atoms with van der Waals surface area (Å²) in [5.41, 5.74) is 2.53. The lowest BCUT2D eigenvalue weighted by atomic mass is 10.0. The van der Waals surface area contributed by atoms with Crippen molar-refractivity contribution >= 4 is 5.97 Å². The molecular formula is C21H24FNO4. The number of halogens is 1. The summed E-state index contributed by atoms with van der Waals surface area (Å²) in [6, 6.07) is 10.7. The van der Waals surface area contributed by atoms with Crippen LogP contribution in [0.15, 0.2) is 36.4 Å². The summed E-state index contributed by atoms with van der Waals surface area (Å²) in [6.07, 6.45) is 1.46. The fraction of sp³-hybridized carbons (Fsp3) is 0.381. The molecule has 0 saturated heterocycles. The number of carboxylic acid groups (broad SMARTS) is 1. The molecular weight excluding hydrogens is 349 g/mol. The number of ether oxygens (including phenoxy) is 2. The van der Waals surface area contributed by atoms with Crippen molar-refractivity contribution in [3.63, 3.8) is 0 Å². The van der Waals surface area contributed by atoms with Gasteiger partial charge >= 0.3 is 5.97 Å². The number of aliphatic carboxylic acids is 1. The van der Waals surface area contributed by atoms with Gasteiger partial charge in [0.15, 0.2) is 0 Å². The Hall–Kier alpha value is -2.60. The van der Waals surface area contributed by atoms with Gasteiger partial charge < -0.3 is 14.6 Å². The van der Waals surface area contributed by atoms with Gasteiger partial charge in [-0.15, -0.1) is 0 Å². The molecule has 0 aromatic heterocycles. The predicted octanol–water partition coefficient (Wildman–Crippen LogP) is 3.29. The van der Waals surface area contributed by atoms with E-state index in [2.05, 4.69) is 0 Å². The zero-order valence-corrected chi connectivity index (χ0v) is 15.6. The van der Waals surface area contributed by atoms with Crippen LogP contribution in [-0.4, -0.2) is 42.2 Å². The van der Waals surface area contributed by atoms with Gasteiger partial charge in [-0.2, -0.15) is 0 Å². The largest absolute Gasteiger partial charge is 0.492 e. The molecule has 0 fully saturated rings. The van der Waals surface area contributed by atoms with Crippen molar-refractivity contribution in [2.24, 2.45) is 0 Å². The van der Waals surface area contributed by atoms with E-state index in [1.165, 1.54) is 6.07 Å². The predicted molar refractivity (Wildman–Crippen MR) is 99.8 cm³/mol. The van der Waals surface area contributed by atoms with E-state index < -0.39 is 5.97 Å². The summed E-state index contributed by atoms with van der Waals surface area (Å²) in [6.45, 7) is 2.56. The maximum Gasteiger partial charge on any atom is 0.317 e. The first kappa shape index (κ1) is 19.2. The number of aryl methyl sites for hydroxylation is 1. The number of rotatable bonds is 7. The lowest BCUT2D eigenvalue weighted by Gasteiger charge is -2.31.